The summed E-state index contributed by atoms with van der Waals surface area (Å²) in [6.07, 6.45) is -12.2. The Morgan fingerprint density at radius 1 is 0.792 bits per heavy atom. The highest BCUT2D eigenvalue weighted by Gasteiger charge is 2.78. The summed E-state index contributed by atoms with van der Waals surface area (Å²) in [7, 11) is 0. The lowest BCUT2D eigenvalue weighted by Gasteiger charge is -2.67. The summed E-state index contributed by atoms with van der Waals surface area (Å²) >= 11 is 0. The number of ether oxygens (including phenoxy) is 7. The molecule has 77 heavy (non-hydrogen) atoms. The van der Waals surface area contributed by atoms with Crippen LogP contribution in [0, 0.1) is 16.7 Å². The smallest absolute Gasteiger partial charge is 0.408 e. The lowest BCUT2D eigenvalue weighted by Crippen LogP contribution is -2.82. The van der Waals surface area contributed by atoms with Gasteiger partial charge in [-0.2, -0.15) is 0 Å². The number of Topliss-reactive ketones (excluding diaryl/α,β-unsaturated/α-hetero) is 1. The number of rotatable bonds is 15. The first kappa shape index (κ1) is 57.2. The lowest BCUT2D eigenvalue weighted by molar-refractivity contribution is -0.346. The number of hydrogen-bond acceptors (Lipinski definition) is 18. The highest BCUT2D eigenvalue weighted by atomic mass is 16.6. The number of benzene rings is 3. The SMILES string of the molecule is CC(=O)O[C@H]1C(=O)[C@@]2(C)C(C(OC(=O)c3ccccc3)[C@]3(O)C[C@H](OC(=O)[C@H](OC(=O)CNC(=O)CNC(=O)OC(C)(C)C)[C@@H](NC(=O)c4ccccc4)c4ccccc4)C(C)=C1C3(C)C)[C@]1(OC(C)=O)CO[C@@H]1C[C@@H]2O. The molecule has 4 aliphatic rings. The topological polar surface area (TPSA) is 295 Å². The molecule has 3 fully saturated rings. The molecule has 11 atom stereocenters. The number of alkyl carbamates (subject to hydrolysis) is 1. The van der Waals surface area contributed by atoms with Crippen molar-refractivity contribution in [1.29, 1.82) is 0 Å². The van der Waals surface area contributed by atoms with Gasteiger partial charge in [-0.3, -0.25) is 28.8 Å². The molecule has 3 aromatic carbocycles. The molecule has 21 heteroatoms. The fraction of sp³-hybridized carbons (Fsp3) is 0.482. The third-order valence-electron chi connectivity index (χ3n) is 14.9. The second-order valence-electron chi connectivity index (χ2n) is 21.5. The van der Waals surface area contributed by atoms with Gasteiger partial charge >= 0.3 is 35.9 Å². The number of carbonyl (C=O) groups is 9. The minimum Gasteiger partial charge on any atom is -0.455 e. The van der Waals surface area contributed by atoms with E-state index in [4.69, 9.17) is 33.2 Å². The van der Waals surface area contributed by atoms with Gasteiger partial charge in [-0.25, -0.2) is 14.4 Å². The lowest BCUT2D eigenvalue weighted by atomic mass is 9.44. The summed E-state index contributed by atoms with van der Waals surface area (Å²) in [5, 5.41) is 33.5. The number of esters is 5. The van der Waals surface area contributed by atoms with Gasteiger partial charge in [0.1, 0.15) is 48.6 Å². The van der Waals surface area contributed by atoms with E-state index in [1.807, 2.05) is 0 Å². The zero-order valence-electron chi connectivity index (χ0n) is 44.2. The van der Waals surface area contributed by atoms with Crippen LogP contribution in [-0.4, -0.2) is 137 Å². The quantitative estimate of drug-likeness (QED) is 0.0818. The third kappa shape index (κ3) is 11.5. The van der Waals surface area contributed by atoms with Crippen molar-refractivity contribution in [2.75, 3.05) is 19.7 Å². The van der Waals surface area contributed by atoms with Gasteiger partial charge in [0.2, 0.25) is 12.0 Å². The molecule has 3 aliphatic carbocycles. The molecule has 3 amide bonds. The highest BCUT2D eigenvalue weighted by Crippen LogP contribution is 2.64. The predicted molar refractivity (Wildman–Crippen MR) is 269 cm³/mol. The van der Waals surface area contributed by atoms with Crippen LogP contribution in [0.1, 0.15) is 107 Å². The summed E-state index contributed by atoms with van der Waals surface area (Å²) in [6, 6.07) is 22.0. The van der Waals surface area contributed by atoms with E-state index in [1.165, 1.54) is 64.1 Å². The van der Waals surface area contributed by atoms with Crippen LogP contribution in [0.4, 0.5) is 4.79 Å². The van der Waals surface area contributed by atoms with Gasteiger partial charge in [0.15, 0.2) is 17.5 Å². The summed E-state index contributed by atoms with van der Waals surface area (Å²) in [6.45, 7) is 11.0. The van der Waals surface area contributed by atoms with Gasteiger partial charge in [-0.05, 0) is 75.6 Å². The molecule has 3 aromatic rings. The zero-order chi connectivity index (χ0) is 56.4. The molecule has 2 saturated carbocycles. The second-order valence-corrected chi connectivity index (χ2v) is 21.5. The van der Waals surface area contributed by atoms with Crippen molar-refractivity contribution in [3.05, 3.63) is 119 Å². The number of carbonyl (C=O) groups excluding carboxylic acids is 9. The number of amides is 3. The molecular formula is C56H65N3O18. The molecule has 1 heterocycles. The standard InChI is InChI=1S/C56H65N3O18/c1-30-36(73-50(68)44(74-40(64)28-57-39(63)27-58-51(69)77-52(4,5)6)42(33-19-13-10-14-20-33)59-48(66)34-21-15-11-16-22-34)26-56(70)47(75-49(67)35-23-17-12-18-24-35)45-54(9,37(62)25-38-55(45,29-71-38)76-32(3)61)46(65)43(72-31(2)60)41(30)53(56,7)8/h10-24,36-38,42-45,47,62,70H,25-29H2,1-9H3,(H,57,63)(H,58,69)(H,59,66)/t36-,37-,38+,42-,43+,44+,45?,47?,54+,55-,56+/m0/s1. The average molecular weight is 1070 g/mol. The number of aliphatic hydroxyl groups is 2. The van der Waals surface area contributed by atoms with Crippen molar-refractivity contribution >= 4 is 53.5 Å². The van der Waals surface area contributed by atoms with Crippen LogP contribution in [0.15, 0.2) is 102 Å². The molecule has 7 rings (SSSR count). The zero-order valence-corrected chi connectivity index (χ0v) is 44.2. The van der Waals surface area contributed by atoms with Crippen LogP contribution < -0.4 is 16.0 Å². The first-order valence-electron chi connectivity index (χ1n) is 25.1. The Morgan fingerprint density at radius 3 is 1.95 bits per heavy atom. The Labute approximate surface area is 444 Å². The molecule has 2 unspecified atom stereocenters. The Bertz CT molecular complexity index is 2820. The number of hydrogen-bond donors (Lipinski definition) is 5. The van der Waals surface area contributed by atoms with Gasteiger partial charge in [0, 0.05) is 37.7 Å². The van der Waals surface area contributed by atoms with Crippen LogP contribution >= 0.6 is 0 Å². The van der Waals surface area contributed by atoms with E-state index in [9.17, 15) is 43.8 Å². The minimum absolute atomic E-state index is 0.0106. The van der Waals surface area contributed by atoms with E-state index in [-0.39, 0.29) is 40.9 Å². The Balaban J connectivity index is 1.36. The van der Waals surface area contributed by atoms with Gasteiger partial charge in [0.05, 0.1) is 29.6 Å². The predicted octanol–water partition coefficient (Wildman–Crippen LogP) is 3.93. The van der Waals surface area contributed by atoms with Crippen molar-refractivity contribution in [2.24, 2.45) is 16.7 Å². The summed E-state index contributed by atoms with van der Waals surface area (Å²) in [4.78, 5) is 125. The highest BCUT2D eigenvalue weighted by molar-refractivity contribution is 5.97. The van der Waals surface area contributed by atoms with Crippen molar-refractivity contribution in [1.82, 2.24) is 16.0 Å². The van der Waals surface area contributed by atoms with Gasteiger partial charge in [-0.15, -0.1) is 0 Å². The molecule has 0 radical (unpaired) electrons. The monoisotopic (exact) mass is 1070 g/mol. The maximum absolute atomic E-state index is 15.8. The molecule has 5 N–H and O–H groups in total. The number of nitrogens with one attached hydrogen (secondary N) is 3. The fourth-order valence-corrected chi connectivity index (χ4v) is 11.2. The first-order valence-corrected chi connectivity index (χ1v) is 25.1. The maximum atomic E-state index is 15.8. The Hall–Kier alpha value is -7.49. The van der Waals surface area contributed by atoms with Crippen LogP contribution in [-0.2, 0) is 61.9 Å². The fourth-order valence-electron chi connectivity index (χ4n) is 11.2. The van der Waals surface area contributed by atoms with Crippen molar-refractivity contribution in [3.63, 3.8) is 0 Å². The van der Waals surface area contributed by atoms with Crippen LogP contribution in [0.2, 0.25) is 0 Å². The van der Waals surface area contributed by atoms with Gasteiger partial charge < -0.3 is 59.3 Å². The third-order valence-corrected chi connectivity index (χ3v) is 14.9. The molecule has 412 valence electrons. The number of aliphatic hydroxyl groups excluding tert-OH is 1. The molecule has 1 aliphatic heterocycles. The Morgan fingerprint density at radius 2 is 1.39 bits per heavy atom. The van der Waals surface area contributed by atoms with E-state index in [2.05, 4.69) is 16.0 Å². The molecular weight excluding hydrogens is 1000 g/mol. The van der Waals surface area contributed by atoms with Crippen molar-refractivity contribution in [3.8, 4) is 0 Å². The van der Waals surface area contributed by atoms with E-state index in [1.54, 1.807) is 75.4 Å². The summed E-state index contributed by atoms with van der Waals surface area (Å²) in [5.74, 6) is -9.49. The minimum atomic E-state index is -2.53. The molecule has 2 bridgehead atoms. The molecule has 0 spiro atoms. The van der Waals surface area contributed by atoms with Gasteiger partial charge in [-0.1, -0.05) is 80.6 Å². The summed E-state index contributed by atoms with van der Waals surface area (Å²) in [5.41, 5.74) is -8.84. The van der Waals surface area contributed by atoms with Crippen LogP contribution in [0.5, 0.6) is 0 Å². The number of fused-ring (bicyclic) bond motifs is 5. The maximum Gasteiger partial charge on any atom is 0.408 e. The molecule has 1 saturated heterocycles. The number of ketones is 1. The van der Waals surface area contributed by atoms with Crippen molar-refractivity contribution in [2.45, 2.75) is 135 Å². The van der Waals surface area contributed by atoms with Gasteiger partial charge in [0.25, 0.3) is 5.91 Å². The van der Waals surface area contributed by atoms with E-state index < -0.39 is 149 Å². The van der Waals surface area contributed by atoms with E-state index in [0.29, 0.717) is 0 Å². The molecule has 0 aromatic heterocycles. The van der Waals surface area contributed by atoms with Crippen molar-refractivity contribution < 1.29 is 86.5 Å². The molecule has 21 nitrogen and oxygen atoms in total. The normalized spacial score (nSPS) is 27.9. The first-order chi connectivity index (χ1) is 36.1. The van der Waals surface area contributed by atoms with E-state index >= 15 is 9.59 Å². The van der Waals surface area contributed by atoms with E-state index in [0.717, 1.165) is 13.8 Å². The average Bonchev–Trinajstić information content (AvgIpc) is 3.57. The van der Waals surface area contributed by atoms with Crippen LogP contribution in [0.3, 0.4) is 0 Å². The summed E-state index contributed by atoms with van der Waals surface area (Å²) < 4.78 is 41.8. The Kier molecular flexibility index (Phi) is 16.5. The second kappa shape index (κ2) is 22.2. The van der Waals surface area contributed by atoms with Crippen LogP contribution in [0.25, 0.3) is 0 Å². The largest absolute Gasteiger partial charge is 0.455 e.